The van der Waals surface area contributed by atoms with Crippen LogP contribution in [-0.4, -0.2) is 29.7 Å². The smallest absolute Gasteiger partial charge is 0.410 e. The topological polar surface area (TPSA) is 89.2 Å². The number of nitriles is 2. The van der Waals surface area contributed by atoms with Crippen molar-refractivity contribution in [2.24, 2.45) is 0 Å². The average molecular weight is 338 g/mol. The van der Waals surface area contributed by atoms with Crippen molar-refractivity contribution in [3.05, 3.63) is 41.1 Å². The van der Waals surface area contributed by atoms with Gasteiger partial charge in [-0.05, 0) is 56.9 Å². The Morgan fingerprint density at radius 2 is 1.84 bits per heavy atom. The molecule has 0 atom stereocenters. The van der Waals surface area contributed by atoms with Gasteiger partial charge in [0.2, 0.25) is 0 Å². The van der Waals surface area contributed by atoms with Crippen LogP contribution in [0, 0.1) is 22.7 Å². The fourth-order valence-electron chi connectivity index (χ4n) is 2.57. The van der Waals surface area contributed by atoms with Crippen LogP contribution in [0.3, 0.4) is 0 Å². The number of hydrogen-bond acceptors (Lipinski definition) is 5. The summed E-state index contributed by atoms with van der Waals surface area (Å²) in [6.45, 7) is 6.81. The first-order valence-corrected chi connectivity index (χ1v) is 8.19. The Balaban J connectivity index is 2.07. The molecule has 1 aromatic rings. The highest BCUT2D eigenvalue weighted by Gasteiger charge is 2.24. The van der Waals surface area contributed by atoms with Crippen molar-refractivity contribution in [2.75, 3.05) is 18.4 Å². The van der Waals surface area contributed by atoms with Gasteiger partial charge in [0.1, 0.15) is 23.3 Å². The summed E-state index contributed by atoms with van der Waals surface area (Å²) in [5.74, 6) is 0. The molecule has 0 aromatic heterocycles. The number of amides is 1. The second kappa shape index (κ2) is 7.72. The van der Waals surface area contributed by atoms with E-state index in [1.165, 1.54) is 11.8 Å². The van der Waals surface area contributed by atoms with Gasteiger partial charge in [0.15, 0.2) is 0 Å². The molecule has 1 heterocycles. The van der Waals surface area contributed by atoms with Crippen LogP contribution in [0.15, 0.2) is 30.0 Å². The maximum Gasteiger partial charge on any atom is 0.410 e. The van der Waals surface area contributed by atoms with E-state index in [1.54, 1.807) is 4.90 Å². The normalized spacial score (nSPS) is 13.6. The molecule has 1 aromatic carbocycles. The van der Waals surface area contributed by atoms with Gasteiger partial charge in [0, 0.05) is 25.0 Å². The Labute approximate surface area is 148 Å². The maximum atomic E-state index is 12.3. The Morgan fingerprint density at radius 1 is 1.20 bits per heavy atom. The molecule has 0 saturated heterocycles. The van der Waals surface area contributed by atoms with Gasteiger partial charge >= 0.3 is 6.09 Å². The minimum absolute atomic E-state index is 0.0195. The average Bonchev–Trinajstić information content (AvgIpc) is 2.76. The number of allylic oxidation sites excluding steroid dienone is 1. The van der Waals surface area contributed by atoms with E-state index in [1.807, 2.05) is 51.1 Å². The van der Waals surface area contributed by atoms with Crippen LogP contribution in [0.1, 0.15) is 31.9 Å². The maximum absolute atomic E-state index is 12.3. The predicted molar refractivity (Wildman–Crippen MR) is 94.6 cm³/mol. The molecule has 1 aliphatic heterocycles. The van der Waals surface area contributed by atoms with Crippen LogP contribution < -0.4 is 5.32 Å². The molecule has 0 unspecified atom stereocenters. The standard InChI is InChI=1S/C19H22N4O2/c1-19(2,3)25-18(24)23-8-6-15-4-5-17(10-16(15)7-9-23)22-13-14(11-20)12-21/h4-5,10,13,22H,6-9H2,1-3H3. The first-order chi connectivity index (χ1) is 11.8. The van der Waals surface area contributed by atoms with Crippen molar-refractivity contribution in [1.82, 2.24) is 4.90 Å². The molecule has 0 saturated carbocycles. The van der Waals surface area contributed by atoms with E-state index in [0.29, 0.717) is 13.1 Å². The molecular weight excluding hydrogens is 316 g/mol. The van der Waals surface area contributed by atoms with Gasteiger partial charge < -0.3 is 15.0 Å². The number of nitrogens with one attached hydrogen (secondary N) is 1. The van der Waals surface area contributed by atoms with Gasteiger partial charge in [-0.3, -0.25) is 0 Å². The SMILES string of the molecule is CC(C)(C)OC(=O)N1CCc2ccc(NC=C(C#N)C#N)cc2CC1. The molecule has 0 fully saturated rings. The van der Waals surface area contributed by atoms with Gasteiger partial charge in [-0.1, -0.05) is 6.07 Å². The Kier molecular flexibility index (Phi) is 5.67. The van der Waals surface area contributed by atoms with Gasteiger partial charge in [-0.25, -0.2) is 4.79 Å². The van der Waals surface area contributed by atoms with Crippen LogP contribution in [0.4, 0.5) is 10.5 Å². The van der Waals surface area contributed by atoms with E-state index in [4.69, 9.17) is 15.3 Å². The molecule has 0 spiro atoms. The van der Waals surface area contributed by atoms with Crippen molar-refractivity contribution < 1.29 is 9.53 Å². The molecule has 2 rings (SSSR count). The van der Waals surface area contributed by atoms with E-state index in [9.17, 15) is 4.79 Å². The summed E-state index contributed by atoms with van der Waals surface area (Å²) in [4.78, 5) is 14.0. The van der Waals surface area contributed by atoms with Crippen molar-refractivity contribution in [3.63, 3.8) is 0 Å². The molecule has 1 amide bonds. The lowest BCUT2D eigenvalue weighted by molar-refractivity contribution is 0.0258. The molecule has 130 valence electrons. The van der Waals surface area contributed by atoms with Gasteiger partial charge in [-0.15, -0.1) is 0 Å². The molecule has 25 heavy (non-hydrogen) atoms. The zero-order valence-electron chi connectivity index (χ0n) is 14.8. The molecule has 1 aliphatic rings. The summed E-state index contributed by atoms with van der Waals surface area (Å²) in [6, 6.07) is 9.54. The Bertz CT molecular complexity index is 747. The second-order valence-corrected chi connectivity index (χ2v) is 6.88. The van der Waals surface area contributed by atoms with Crippen molar-refractivity contribution in [3.8, 4) is 12.1 Å². The molecule has 1 N–H and O–H groups in total. The summed E-state index contributed by atoms with van der Waals surface area (Å²) < 4.78 is 5.45. The van der Waals surface area contributed by atoms with E-state index >= 15 is 0 Å². The first kappa shape index (κ1) is 18.4. The number of hydrogen-bond donors (Lipinski definition) is 1. The largest absolute Gasteiger partial charge is 0.444 e. The minimum atomic E-state index is -0.501. The number of nitrogens with zero attached hydrogens (tertiary/aromatic N) is 3. The summed E-state index contributed by atoms with van der Waals surface area (Å²) in [7, 11) is 0. The third-order valence-electron chi connectivity index (χ3n) is 3.78. The molecule has 6 nitrogen and oxygen atoms in total. The van der Waals surface area contributed by atoms with Gasteiger partial charge in [0.05, 0.1) is 0 Å². The highest BCUT2D eigenvalue weighted by molar-refractivity contribution is 5.68. The van der Waals surface area contributed by atoms with Crippen LogP contribution in [0.25, 0.3) is 0 Å². The highest BCUT2D eigenvalue weighted by atomic mass is 16.6. The molecule has 0 bridgehead atoms. The van der Waals surface area contributed by atoms with Crippen molar-refractivity contribution >= 4 is 11.8 Å². The third kappa shape index (κ3) is 5.26. The molecule has 0 radical (unpaired) electrons. The Hall–Kier alpha value is -2.99. The van der Waals surface area contributed by atoms with Crippen molar-refractivity contribution in [1.29, 1.82) is 10.5 Å². The van der Waals surface area contributed by atoms with E-state index in [2.05, 4.69) is 5.32 Å². The van der Waals surface area contributed by atoms with Crippen LogP contribution >= 0.6 is 0 Å². The summed E-state index contributed by atoms with van der Waals surface area (Å²) in [6.07, 6.45) is 2.61. The second-order valence-electron chi connectivity index (χ2n) is 6.88. The Morgan fingerprint density at radius 3 is 2.44 bits per heavy atom. The number of benzene rings is 1. The molecule has 6 heteroatoms. The fourth-order valence-corrected chi connectivity index (χ4v) is 2.57. The monoisotopic (exact) mass is 338 g/mol. The summed E-state index contributed by atoms with van der Waals surface area (Å²) >= 11 is 0. The van der Waals surface area contributed by atoms with Gasteiger partial charge in [-0.2, -0.15) is 10.5 Å². The lowest BCUT2D eigenvalue weighted by Gasteiger charge is -2.26. The number of carbonyl (C=O) groups excluding carboxylic acids is 1. The molecule has 0 aliphatic carbocycles. The summed E-state index contributed by atoms with van der Waals surface area (Å²) in [5.41, 5.74) is 2.68. The van der Waals surface area contributed by atoms with Crippen LogP contribution in [-0.2, 0) is 17.6 Å². The quantitative estimate of drug-likeness (QED) is 0.835. The summed E-state index contributed by atoms with van der Waals surface area (Å²) in [5, 5.41) is 20.5. The third-order valence-corrected chi connectivity index (χ3v) is 3.78. The minimum Gasteiger partial charge on any atom is -0.444 e. The zero-order chi connectivity index (χ0) is 18.4. The number of carbonyl (C=O) groups is 1. The number of rotatable bonds is 2. The molecular formula is C19H22N4O2. The van der Waals surface area contributed by atoms with Crippen LogP contribution in [0.2, 0.25) is 0 Å². The zero-order valence-corrected chi connectivity index (χ0v) is 14.8. The highest BCUT2D eigenvalue weighted by Crippen LogP contribution is 2.22. The van der Waals surface area contributed by atoms with Crippen molar-refractivity contribution in [2.45, 2.75) is 39.2 Å². The number of anilines is 1. The first-order valence-electron chi connectivity index (χ1n) is 8.19. The number of ether oxygens (including phenoxy) is 1. The van der Waals surface area contributed by atoms with Crippen LogP contribution in [0.5, 0.6) is 0 Å². The fraction of sp³-hybridized carbons (Fsp3) is 0.421. The van der Waals surface area contributed by atoms with E-state index in [0.717, 1.165) is 24.1 Å². The van der Waals surface area contributed by atoms with E-state index in [-0.39, 0.29) is 11.7 Å². The van der Waals surface area contributed by atoms with E-state index < -0.39 is 5.60 Å². The predicted octanol–water partition coefficient (Wildman–Crippen LogP) is 3.37. The van der Waals surface area contributed by atoms with Gasteiger partial charge in [0.25, 0.3) is 0 Å². The lowest BCUT2D eigenvalue weighted by Crippen LogP contribution is -2.38. The lowest BCUT2D eigenvalue weighted by atomic mass is 10.0. The number of fused-ring (bicyclic) bond motifs is 1.